The normalized spacial score (nSPS) is 15.6. The minimum absolute atomic E-state index is 0.167. The van der Waals surface area contributed by atoms with Gasteiger partial charge in [-0.2, -0.15) is 13.2 Å². The highest BCUT2D eigenvalue weighted by molar-refractivity contribution is 7.80. The van der Waals surface area contributed by atoms with E-state index in [2.05, 4.69) is 0 Å². The van der Waals surface area contributed by atoms with Crippen molar-refractivity contribution in [2.75, 3.05) is 4.90 Å². The fourth-order valence-corrected chi connectivity index (χ4v) is 2.55. The van der Waals surface area contributed by atoms with E-state index in [-0.39, 0.29) is 6.04 Å². The molecule has 0 spiro atoms. The average molecular weight is 259 g/mol. The van der Waals surface area contributed by atoms with Crippen LogP contribution in [0.2, 0.25) is 0 Å². The zero-order chi connectivity index (χ0) is 12.8. The van der Waals surface area contributed by atoms with Gasteiger partial charge in [-0.15, -0.1) is 0 Å². The van der Waals surface area contributed by atoms with E-state index in [1.54, 1.807) is 0 Å². The Kier molecular flexibility index (Phi) is 2.89. The summed E-state index contributed by atoms with van der Waals surface area (Å²) < 4.78 is 37.7. The maximum absolute atomic E-state index is 12.6. The number of hydrogen-bond acceptors (Lipinski definition) is 1. The van der Waals surface area contributed by atoms with Crippen LogP contribution in [0.4, 0.5) is 18.9 Å². The highest BCUT2D eigenvalue weighted by atomic mass is 32.1. The van der Waals surface area contributed by atoms with Crippen LogP contribution in [0.25, 0.3) is 0 Å². The SMILES string of the molecule is CC(C)N1C(=S)Cc2cc(C(F)(F)F)ccc21. The Labute approximate surface area is 103 Å². The summed E-state index contributed by atoms with van der Waals surface area (Å²) in [4.78, 5) is 2.60. The molecule has 0 atom stereocenters. The summed E-state index contributed by atoms with van der Waals surface area (Å²) in [5.41, 5.74) is 0.862. The van der Waals surface area contributed by atoms with E-state index in [0.717, 1.165) is 11.8 Å². The smallest absolute Gasteiger partial charge is 0.333 e. The molecule has 0 N–H and O–H groups in total. The molecule has 0 bridgehead atoms. The van der Waals surface area contributed by atoms with Crippen LogP contribution in [-0.4, -0.2) is 11.0 Å². The minimum atomic E-state index is -4.29. The first-order valence-electron chi connectivity index (χ1n) is 5.33. The van der Waals surface area contributed by atoms with Gasteiger partial charge in [0.1, 0.15) is 0 Å². The predicted octanol–water partition coefficient (Wildman–Crippen LogP) is 3.80. The zero-order valence-corrected chi connectivity index (χ0v) is 10.3. The number of rotatable bonds is 1. The van der Waals surface area contributed by atoms with Crippen molar-refractivity contribution >= 4 is 22.9 Å². The highest BCUT2D eigenvalue weighted by Gasteiger charge is 2.33. The Bertz CT molecular complexity index is 465. The largest absolute Gasteiger partial charge is 0.416 e. The van der Waals surface area contributed by atoms with E-state index in [1.807, 2.05) is 18.7 Å². The van der Waals surface area contributed by atoms with Crippen molar-refractivity contribution in [3.63, 3.8) is 0 Å². The lowest BCUT2D eigenvalue weighted by Gasteiger charge is -2.24. The van der Waals surface area contributed by atoms with Crippen LogP contribution in [-0.2, 0) is 12.6 Å². The zero-order valence-electron chi connectivity index (χ0n) is 9.51. The van der Waals surface area contributed by atoms with Crippen molar-refractivity contribution in [1.29, 1.82) is 0 Å². The van der Waals surface area contributed by atoms with Crippen LogP contribution in [0.15, 0.2) is 18.2 Å². The second-order valence-corrected chi connectivity index (χ2v) is 4.85. The van der Waals surface area contributed by atoms with Gasteiger partial charge in [-0.1, -0.05) is 12.2 Å². The Balaban J connectivity index is 2.45. The molecule has 5 heteroatoms. The van der Waals surface area contributed by atoms with Crippen LogP contribution >= 0.6 is 12.2 Å². The standard InChI is InChI=1S/C12H12F3NS/c1-7(2)16-10-4-3-9(12(13,14)15)5-8(10)6-11(16)17/h3-5,7H,6H2,1-2H3. The van der Waals surface area contributed by atoms with Gasteiger partial charge in [-0.3, -0.25) is 0 Å². The highest BCUT2D eigenvalue weighted by Crippen LogP contribution is 2.37. The molecule has 0 saturated heterocycles. The minimum Gasteiger partial charge on any atom is -0.333 e. The first-order chi connectivity index (χ1) is 7.80. The third-order valence-corrected chi connectivity index (χ3v) is 3.13. The summed E-state index contributed by atoms with van der Waals surface area (Å²) in [7, 11) is 0. The van der Waals surface area contributed by atoms with Crippen molar-refractivity contribution in [3.05, 3.63) is 29.3 Å². The van der Waals surface area contributed by atoms with Crippen LogP contribution in [0, 0.1) is 0 Å². The summed E-state index contributed by atoms with van der Waals surface area (Å²) in [5, 5.41) is 0. The van der Waals surface area contributed by atoms with E-state index in [1.165, 1.54) is 12.1 Å². The summed E-state index contributed by atoms with van der Waals surface area (Å²) in [6, 6.07) is 3.99. The Morgan fingerprint density at radius 1 is 1.29 bits per heavy atom. The van der Waals surface area contributed by atoms with Crippen LogP contribution in [0.3, 0.4) is 0 Å². The third kappa shape index (κ3) is 2.16. The number of thiocarbonyl (C=S) groups is 1. The number of benzene rings is 1. The molecule has 0 amide bonds. The van der Waals surface area contributed by atoms with Crippen molar-refractivity contribution < 1.29 is 13.2 Å². The maximum Gasteiger partial charge on any atom is 0.416 e. The molecular formula is C12H12F3NS. The van der Waals surface area contributed by atoms with Gasteiger partial charge in [0.25, 0.3) is 0 Å². The van der Waals surface area contributed by atoms with Gasteiger partial charge in [0.05, 0.1) is 10.6 Å². The number of fused-ring (bicyclic) bond motifs is 1. The van der Waals surface area contributed by atoms with Gasteiger partial charge in [0.2, 0.25) is 0 Å². The summed E-state index contributed by atoms with van der Waals surface area (Å²) >= 11 is 5.20. The van der Waals surface area contributed by atoms with E-state index in [4.69, 9.17) is 12.2 Å². The van der Waals surface area contributed by atoms with Gasteiger partial charge in [-0.25, -0.2) is 0 Å². The molecule has 0 aromatic heterocycles. The Morgan fingerprint density at radius 2 is 1.94 bits per heavy atom. The average Bonchev–Trinajstić information content (AvgIpc) is 2.50. The molecule has 1 aromatic carbocycles. The molecule has 0 aliphatic carbocycles. The van der Waals surface area contributed by atoms with E-state index in [9.17, 15) is 13.2 Å². The second kappa shape index (κ2) is 3.98. The summed E-state index contributed by atoms with van der Waals surface area (Å²) in [6.07, 6.45) is -3.87. The summed E-state index contributed by atoms with van der Waals surface area (Å²) in [5.74, 6) is 0. The molecule has 0 saturated carbocycles. The number of hydrogen-bond donors (Lipinski definition) is 0. The predicted molar refractivity (Wildman–Crippen MR) is 65.4 cm³/mol. The van der Waals surface area contributed by atoms with Gasteiger partial charge in [0.15, 0.2) is 0 Å². The van der Waals surface area contributed by atoms with Gasteiger partial charge < -0.3 is 4.90 Å². The fraction of sp³-hybridized carbons (Fsp3) is 0.417. The maximum atomic E-state index is 12.6. The summed E-state index contributed by atoms with van der Waals surface area (Å²) in [6.45, 7) is 3.94. The van der Waals surface area contributed by atoms with Gasteiger partial charge >= 0.3 is 6.18 Å². The topological polar surface area (TPSA) is 3.24 Å². The third-order valence-electron chi connectivity index (χ3n) is 2.79. The van der Waals surface area contributed by atoms with E-state index < -0.39 is 11.7 Å². The first-order valence-corrected chi connectivity index (χ1v) is 5.73. The molecule has 2 rings (SSSR count). The lowest BCUT2D eigenvalue weighted by Crippen LogP contribution is -2.32. The molecule has 1 aliphatic rings. The molecule has 0 unspecified atom stereocenters. The number of alkyl halides is 3. The lowest BCUT2D eigenvalue weighted by molar-refractivity contribution is -0.137. The van der Waals surface area contributed by atoms with E-state index >= 15 is 0 Å². The van der Waals surface area contributed by atoms with Crippen molar-refractivity contribution in [1.82, 2.24) is 0 Å². The van der Waals surface area contributed by atoms with Crippen LogP contribution in [0.5, 0.6) is 0 Å². The molecule has 1 heterocycles. The second-order valence-electron chi connectivity index (χ2n) is 4.38. The molecule has 1 nitrogen and oxygen atoms in total. The molecule has 0 fully saturated rings. The van der Waals surface area contributed by atoms with Gasteiger partial charge in [-0.05, 0) is 37.6 Å². The monoisotopic (exact) mass is 259 g/mol. The van der Waals surface area contributed by atoms with Crippen molar-refractivity contribution in [3.8, 4) is 0 Å². The van der Waals surface area contributed by atoms with Crippen molar-refractivity contribution in [2.24, 2.45) is 0 Å². The molecule has 1 aromatic rings. The molecule has 92 valence electrons. The van der Waals surface area contributed by atoms with Crippen LogP contribution < -0.4 is 4.90 Å². The first kappa shape index (κ1) is 12.4. The lowest BCUT2D eigenvalue weighted by atomic mass is 10.1. The number of anilines is 1. The Hall–Kier alpha value is -1.10. The van der Waals surface area contributed by atoms with Crippen molar-refractivity contribution in [2.45, 2.75) is 32.5 Å². The van der Waals surface area contributed by atoms with E-state index in [0.29, 0.717) is 17.0 Å². The number of halogens is 3. The molecule has 1 aliphatic heterocycles. The Morgan fingerprint density at radius 3 is 2.47 bits per heavy atom. The number of nitrogens with zero attached hydrogens (tertiary/aromatic N) is 1. The molecule has 17 heavy (non-hydrogen) atoms. The quantitative estimate of drug-likeness (QED) is 0.706. The van der Waals surface area contributed by atoms with Gasteiger partial charge in [0, 0.05) is 18.2 Å². The molecular weight excluding hydrogens is 247 g/mol. The molecule has 0 radical (unpaired) electrons. The fourth-order valence-electron chi connectivity index (χ4n) is 2.09. The van der Waals surface area contributed by atoms with Crippen LogP contribution in [0.1, 0.15) is 25.0 Å².